The number of rotatable bonds is 4. The molecule has 0 saturated carbocycles. The van der Waals surface area contributed by atoms with Crippen molar-refractivity contribution in [2.24, 2.45) is 0 Å². The quantitative estimate of drug-likeness (QED) is 0.796. The van der Waals surface area contributed by atoms with Crippen LogP contribution in [0.4, 0.5) is 5.69 Å². The van der Waals surface area contributed by atoms with Crippen LogP contribution in [0.3, 0.4) is 0 Å². The van der Waals surface area contributed by atoms with E-state index >= 15 is 0 Å². The van der Waals surface area contributed by atoms with Gasteiger partial charge in [0.1, 0.15) is 0 Å². The Morgan fingerprint density at radius 2 is 1.20 bits per heavy atom. The first kappa shape index (κ1) is 18.2. The van der Waals surface area contributed by atoms with Crippen LogP contribution in [-0.4, -0.2) is 28.4 Å². The third-order valence-electron chi connectivity index (χ3n) is 3.29. The maximum atomic E-state index is 12.2. The van der Waals surface area contributed by atoms with E-state index in [2.05, 4.69) is 10.6 Å². The van der Waals surface area contributed by atoms with Crippen molar-refractivity contribution in [3.8, 4) is 0 Å². The summed E-state index contributed by atoms with van der Waals surface area (Å²) in [5.74, 6) is -1.57. The van der Waals surface area contributed by atoms with Crippen molar-refractivity contribution in [3.05, 3.63) is 65.2 Å². The Bertz CT molecular complexity index is 788. The predicted octanol–water partition coefficient (Wildman–Crippen LogP) is 3.17. The fourth-order valence-corrected chi connectivity index (χ4v) is 2.09. The van der Waals surface area contributed by atoms with Crippen molar-refractivity contribution in [1.82, 2.24) is 5.32 Å². The smallest absolute Gasteiger partial charge is 0.335 e. The molecule has 2 rings (SSSR count). The Morgan fingerprint density at radius 1 is 0.760 bits per heavy atom. The first-order valence-corrected chi connectivity index (χ1v) is 7.73. The highest BCUT2D eigenvalue weighted by atomic mass is 16.4. The van der Waals surface area contributed by atoms with Gasteiger partial charge in [0.15, 0.2) is 0 Å². The molecule has 2 aromatic rings. The van der Waals surface area contributed by atoms with Gasteiger partial charge in [-0.1, -0.05) is 0 Å². The van der Waals surface area contributed by atoms with Crippen molar-refractivity contribution in [2.45, 2.75) is 26.3 Å². The monoisotopic (exact) mass is 340 g/mol. The Hall–Kier alpha value is -3.15. The second-order valence-electron chi connectivity index (χ2n) is 6.62. The lowest BCUT2D eigenvalue weighted by Gasteiger charge is -2.20. The van der Waals surface area contributed by atoms with Crippen molar-refractivity contribution in [2.75, 3.05) is 5.32 Å². The third kappa shape index (κ3) is 5.17. The summed E-state index contributed by atoms with van der Waals surface area (Å²) >= 11 is 0. The molecule has 0 spiro atoms. The van der Waals surface area contributed by atoms with E-state index in [9.17, 15) is 14.4 Å². The minimum atomic E-state index is -1.03. The van der Waals surface area contributed by atoms with Crippen LogP contribution >= 0.6 is 0 Å². The highest BCUT2D eigenvalue weighted by molar-refractivity contribution is 6.05. The molecule has 0 aliphatic carbocycles. The molecule has 0 aliphatic heterocycles. The van der Waals surface area contributed by atoms with E-state index in [0.29, 0.717) is 16.8 Å². The van der Waals surface area contributed by atoms with Crippen molar-refractivity contribution >= 4 is 23.5 Å². The van der Waals surface area contributed by atoms with Crippen LogP contribution in [0.1, 0.15) is 51.8 Å². The Morgan fingerprint density at radius 3 is 1.64 bits per heavy atom. The molecular formula is C19H20N2O4. The van der Waals surface area contributed by atoms with Gasteiger partial charge < -0.3 is 15.7 Å². The van der Waals surface area contributed by atoms with E-state index in [1.165, 1.54) is 24.3 Å². The molecule has 25 heavy (non-hydrogen) atoms. The third-order valence-corrected chi connectivity index (χ3v) is 3.29. The Labute approximate surface area is 145 Å². The van der Waals surface area contributed by atoms with Crippen LogP contribution in [0.25, 0.3) is 0 Å². The summed E-state index contributed by atoms with van der Waals surface area (Å²) in [6, 6.07) is 12.2. The van der Waals surface area contributed by atoms with E-state index < -0.39 is 5.97 Å². The summed E-state index contributed by atoms with van der Waals surface area (Å²) in [5, 5.41) is 14.4. The first-order valence-electron chi connectivity index (χ1n) is 7.73. The fraction of sp³-hybridized carbons (Fsp3) is 0.211. The molecule has 0 unspecified atom stereocenters. The standard InChI is InChI=1S/C19H20N2O4/c1-19(2,3)21-17(23)13-6-4-12(5-7-13)16(22)20-15-10-8-14(9-11-15)18(24)25/h4-11H,1-3H3,(H,20,22)(H,21,23)(H,24,25). The summed E-state index contributed by atoms with van der Waals surface area (Å²) in [6.45, 7) is 5.67. The zero-order valence-electron chi connectivity index (χ0n) is 14.3. The molecule has 0 aliphatic rings. The van der Waals surface area contributed by atoms with Crippen LogP contribution in [0, 0.1) is 0 Å². The number of carbonyl (C=O) groups excluding carboxylic acids is 2. The maximum Gasteiger partial charge on any atom is 0.335 e. The summed E-state index contributed by atoms with van der Waals surface area (Å²) < 4.78 is 0. The summed E-state index contributed by atoms with van der Waals surface area (Å²) in [7, 11) is 0. The molecule has 0 fully saturated rings. The summed E-state index contributed by atoms with van der Waals surface area (Å²) in [4.78, 5) is 35.1. The first-order chi connectivity index (χ1) is 11.7. The highest BCUT2D eigenvalue weighted by Gasteiger charge is 2.15. The van der Waals surface area contributed by atoms with Gasteiger partial charge in [0, 0.05) is 22.4 Å². The highest BCUT2D eigenvalue weighted by Crippen LogP contribution is 2.13. The van der Waals surface area contributed by atoms with Crippen LogP contribution in [0.2, 0.25) is 0 Å². The molecule has 130 valence electrons. The number of anilines is 1. The Balaban J connectivity index is 2.05. The number of hydrogen-bond donors (Lipinski definition) is 3. The second-order valence-corrected chi connectivity index (χ2v) is 6.62. The SMILES string of the molecule is CC(C)(C)NC(=O)c1ccc(C(=O)Nc2ccc(C(=O)O)cc2)cc1. The van der Waals surface area contributed by atoms with E-state index in [4.69, 9.17) is 5.11 Å². The van der Waals surface area contributed by atoms with E-state index in [0.717, 1.165) is 0 Å². The minimum absolute atomic E-state index is 0.146. The number of carboxylic acids is 1. The van der Waals surface area contributed by atoms with Crippen LogP contribution < -0.4 is 10.6 Å². The number of hydrogen-bond acceptors (Lipinski definition) is 3. The number of carbonyl (C=O) groups is 3. The molecule has 0 atom stereocenters. The van der Waals surface area contributed by atoms with Crippen molar-refractivity contribution in [3.63, 3.8) is 0 Å². The summed E-state index contributed by atoms with van der Waals surface area (Å²) in [5.41, 5.74) is 1.17. The van der Waals surface area contributed by atoms with Gasteiger partial charge in [-0.3, -0.25) is 9.59 Å². The second kappa shape index (κ2) is 7.17. The molecule has 6 nitrogen and oxygen atoms in total. The van der Waals surface area contributed by atoms with E-state index in [-0.39, 0.29) is 22.9 Å². The maximum absolute atomic E-state index is 12.2. The number of nitrogens with one attached hydrogen (secondary N) is 2. The van der Waals surface area contributed by atoms with Crippen LogP contribution in [0.5, 0.6) is 0 Å². The van der Waals surface area contributed by atoms with Gasteiger partial charge in [0.2, 0.25) is 0 Å². The summed E-state index contributed by atoms with van der Waals surface area (Å²) in [6.07, 6.45) is 0. The zero-order valence-corrected chi connectivity index (χ0v) is 14.3. The van der Waals surface area contributed by atoms with Crippen molar-refractivity contribution < 1.29 is 19.5 Å². The van der Waals surface area contributed by atoms with E-state index in [1.807, 2.05) is 20.8 Å². The number of carboxylic acid groups (broad SMARTS) is 1. The molecule has 0 bridgehead atoms. The number of amides is 2. The van der Waals surface area contributed by atoms with Gasteiger partial charge in [-0.2, -0.15) is 0 Å². The van der Waals surface area contributed by atoms with Gasteiger partial charge in [-0.15, -0.1) is 0 Å². The number of benzene rings is 2. The van der Waals surface area contributed by atoms with Gasteiger partial charge in [-0.05, 0) is 69.3 Å². The van der Waals surface area contributed by atoms with Crippen LogP contribution in [0.15, 0.2) is 48.5 Å². The topological polar surface area (TPSA) is 95.5 Å². The lowest BCUT2D eigenvalue weighted by molar-refractivity contribution is 0.0696. The molecule has 6 heteroatoms. The van der Waals surface area contributed by atoms with Crippen molar-refractivity contribution in [1.29, 1.82) is 0 Å². The lowest BCUT2D eigenvalue weighted by Crippen LogP contribution is -2.40. The average Bonchev–Trinajstić information content (AvgIpc) is 2.54. The molecular weight excluding hydrogens is 320 g/mol. The Kier molecular flexibility index (Phi) is 5.22. The van der Waals surface area contributed by atoms with Gasteiger partial charge in [0.05, 0.1) is 5.56 Å². The van der Waals surface area contributed by atoms with Crippen LogP contribution in [-0.2, 0) is 0 Å². The molecule has 0 aromatic heterocycles. The van der Waals surface area contributed by atoms with Gasteiger partial charge in [-0.25, -0.2) is 4.79 Å². The van der Waals surface area contributed by atoms with Gasteiger partial charge in [0.25, 0.3) is 11.8 Å². The average molecular weight is 340 g/mol. The van der Waals surface area contributed by atoms with E-state index in [1.54, 1.807) is 24.3 Å². The zero-order chi connectivity index (χ0) is 18.6. The minimum Gasteiger partial charge on any atom is -0.478 e. The molecule has 3 N–H and O–H groups in total. The molecule has 2 amide bonds. The van der Waals surface area contributed by atoms with Gasteiger partial charge >= 0.3 is 5.97 Å². The largest absolute Gasteiger partial charge is 0.478 e. The lowest BCUT2D eigenvalue weighted by atomic mass is 10.1. The fourth-order valence-electron chi connectivity index (χ4n) is 2.09. The molecule has 0 heterocycles. The normalized spacial score (nSPS) is 10.8. The molecule has 0 saturated heterocycles. The predicted molar refractivity (Wildman–Crippen MR) is 95.0 cm³/mol. The molecule has 2 aromatic carbocycles. The molecule has 0 radical (unpaired) electrons. The number of aromatic carboxylic acids is 1.